The van der Waals surface area contributed by atoms with Crippen molar-refractivity contribution in [2.75, 3.05) is 13.7 Å². The molecule has 3 rings (SSSR count). The summed E-state index contributed by atoms with van der Waals surface area (Å²) in [4.78, 5) is 8.97. The third kappa shape index (κ3) is 5.48. The number of fused-ring (bicyclic) bond motifs is 1. The van der Waals surface area contributed by atoms with Crippen LogP contribution in [0.15, 0.2) is 59.7 Å². The summed E-state index contributed by atoms with van der Waals surface area (Å²) >= 11 is 0. The minimum atomic E-state index is 0. The van der Waals surface area contributed by atoms with Gasteiger partial charge in [-0.2, -0.15) is 0 Å². The Morgan fingerprint density at radius 3 is 2.71 bits per heavy atom. The van der Waals surface area contributed by atoms with Crippen molar-refractivity contribution in [3.63, 3.8) is 0 Å². The minimum Gasteiger partial charge on any atom is -0.508 e. The first kappa shape index (κ1) is 21.7. The fourth-order valence-corrected chi connectivity index (χ4v) is 2.81. The Labute approximate surface area is 182 Å². The second-order valence-corrected chi connectivity index (χ2v) is 6.03. The molecule has 0 aliphatic rings. The van der Waals surface area contributed by atoms with Crippen LogP contribution in [0.4, 0.5) is 0 Å². The van der Waals surface area contributed by atoms with Crippen LogP contribution < -0.4 is 15.4 Å². The van der Waals surface area contributed by atoms with Crippen molar-refractivity contribution in [2.45, 2.75) is 20.0 Å². The highest BCUT2D eigenvalue weighted by Crippen LogP contribution is 2.23. The van der Waals surface area contributed by atoms with Crippen molar-refractivity contribution in [3.8, 4) is 11.5 Å². The molecule has 1 aromatic heterocycles. The molecule has 0 aliphatic heterocycles. The molecule has 3 aromatic rings. The summed E-state index contributed by atoms with van der Waals surface area (Å²) in [6.07, 6.45) is 1.82. The van der Waals surface area contributed by atoms with Crippen molar-refractivity contribution < 1.29 is 9.84 Å². The number of guanidine groups is 1. The van der Waals surface area contributed by atoms with E-state index in [4.69, 9.17) is 4.74 Å². The largest absolute Gasteiger partial charge is 0.508 e. The topological polar surface area (TPSA) is 78.8 Å². The third-order valence-electron chi connectivity index (χ3n) is 4.22. The first-order valence-corrected chi connectivity index (χ1v) is 8.92. The number of phenols is 1. The SMILES string of the molecule is CCNC(=NCc1cc(OC)ccc1O)NCc1ccnc2ccccc12.I. The van der Waals surface area contributed by atoms with Gasteiger partial charge < -0.3 is 20.5 Å². The Kier molecular flexibility index (Phi) is 8.31. The number of benzene rings is 2. The van der Waals surface area contributed by atoms with E-state index in [1.54, 1.807) is 25.3 Å². The molecule has 3 N–H and O–H groups in total. The summed E-state index contributed by atoms with van der Waals surface area (Å²) in [5.74, 6) is 1.58. The standard InChI is InChI=1S/C21H24N4O2.HI/c1-3-22-21(25-14-16-12-17(27-2)8-9-20(16)26)24-13-15-10-11-23-19-7-5-4-6-18(15)19;/h4-12,26H,3,13-14H2,1-2H3,(H2,22,24,25);1H. The second kappa shape index (κ2) is 10.7. The third-order valence-corrected chi connectivity index (χ3v) is 4.22. The number of para-hydroxylation sites is 1. The molecule has 148 valence electrons. The highest BCUT2D eigenvalue weighted by Gasteiger charge is 2.06. The number of aromatic nitrogens is 1. The molecule has 1 heterocycles. The Morgan fingerprint density at radius 2 is 1.93 bits per heavy atom. The lowest BCUT2D eigenvalue weighted by Gasteiger charge is -2.13. The summed E-state index contributed by atoms with van der Waals surface area (Å²) in [5, 5.41) is 17.7. The van der Waals surface area contributed by atoms with Gasteiger partial charge >= 0.3 is 0 Å². The second-order valence-electron chi connectivity index (χ2n) is 6.03. The van der Waals surface area contributed by atoms with Crippen LogP contribution in [0.5, 0.6) is 11.5 Å². The summed E-state index contributed by atoms with van der Waals surface area (Å²) in [7, 11) is 1.60. The average Bonchev–Trinajstić information content (AvgIpc) is 2.71. The highest BCUT2D eigenvalue weighted by atomic mass is 127. The van der Waals surface area contributed by atoms with Crippen LogP contribution in [-0.4, -0.2) is 29.7 Å². The van der Waals surface area contributed by atoms with Crippen LogP contribution in [0, 0.1) is 0 Å². The lowest BCUT2D eigenvalue weighted by molar-refractivity contribution is 0.411. The Hall–Kier alpha value is -2.55. The molecule has 0 atom stereocenters. The number of methoxy groups -OCH3 is 1. The van der Waals surface area contributed by atoms with E-state index in [9.17, 15) is 5.11 Å². The van der Waals surface area contributed by atoms with Gasteiger partial charge in [0.15, 0.2) is 5.96 Å². The molecule has 7 heteroatoms. The van der Waals surface area contributed by atoms with Crippen molar-refractivity contribution in [3.05, 3.63) is 65.9 Å². The number of aromatic hydroxyl groups is 1. The molecule has 0 fully saturated rings. The van der Waals surface area contributed by atoms with Crippen LogP contribution in [0.1, 0.15) is 18.1 Å². The van der Waals surface area contributed by atoms with Gasteiger partial charge in [-0.1, -0.05) is 18.2 Å². The molecule has 0 radical (unpaired) electrons. The van der Waals surface area contributed by atoms with Crippen LogP contribution in [0.3, 0.4) is 0 Å². The van der Waals surface area contributed by atoms with Gasteiger partial charge in [0.05, 0.1) is 19.2 Å². The summed E-state index contributed by atoms with van der Waals surface area (Å²) in [6.45, 7) is 3.73. The van der Waals surface area contributed by atoms with Crippen LogP contribution in [-0.2, 0) is 13.1 Å². The zero-order valence-electron chi connectivity index (χ0n) is 16.0. The monoisotopic (exact) mass is 492 g/mol. The molecular formula is C21H25IN4O2. The van der Waals surface area contributed by atoms with Crippen molar-refractivity contribution in [2.24, 2.45) is 4.99 Å². The van der Waals surface area contributed by atoms with E-state index in [1.807, 2.05) is 37.4 Å². The Balaban J connectivity index is 0.00000280. The van der Waals surface area contributed by atoms with Crippen LogP contribution in [0.25, 0.3) is 10.9 Å². The lowest BCUT2D eigenvalue weighted by atomic mass is 10.1. The number of halogens is 1. The summed E-state index contributed by atoms with van der Waals surface area (Å²) in [5.41, 5.74) is 2.83. The van der Waals surface area contributed by atoms with E-state index in [0.29, 0.717) is 30.4 Å². The van der Waals surface area contributed by atoms with Crippen LogP contribution in [0.2, 0.25) is 0 Å². The minimum absolute atomic E-state index is 0. The van der Waals surface area contributed by atoms with E-state index in [-0.39, 0.29) is 29.7 Å². The molecule has 6 nitrogen and oxygen atoms in total. The van der Waals surface area contributed by atoms with Crippen molar-refractivity contribution in [1.29, 1.82) is 0 Å². The maximum absolute atomic E-state index is 10.0. The fraction of sp³-hybridized carbons (Fsp3) is 0.238. The molecule has 0 spiro atoms. The number of hydrogen-bond acceptors (Lipinski definition) is 4. The highest BCUT2D eigenvalue weighted by molar-refractivity contribution is 14.0. The Bertz CT molecular complexity index is 941. The van der Waals surface area contributed by atoms with Crippen molar-refractivity contribution >= 4 is 40.8 Å². The van der Waals surface area contributed by atoms with Gasteiger partial charge in [0.25, 0.3) is 0 Å². The van der Waals surface area contributed by atoms with Gasteiger partial charge in [-0.05, 0) is 42.8 Å². The zero-order valence-corrected chi connectivity index (χ0v) is 18.3. The molecule has 0 saturated heterocycles. The Morgan fingerprint density at radius 1 is 1.11 bits per heavy atom. The molecule has 28 heavy (non-hydrogen) atoms. The molecule has 0 amide bonds. The van der Waals surface area contributed by atoms with Crippen LogP contribution >= 0.6 is 24.0 Å². The lowest BCUT2D eigenvalue weighted by Crippen LogP contribution is -2.36. The average molecular weight is 492 g/mol. The normalized spacial score (nSPS) is 11.0. The maximum atomic E-state index is 10.0. The first-order valence-electron chi connectivity index (χ1n) is 8.92. The van der Waals surface area contributed by atoms with Gasteiger partial charge in [-0.3, -0.25) is 4.98 Å². The summed E-state index contributed by atoms with van der Waals surface area (Å²) < 4.78 is 5.21. The van der Waals surface area contributed by atoms with E-state index < -0.39 is 0 Å². The van der Waals surface area contributed by atoms with E-state index in [2.05, 4.69) is 26.7 Å². The van der Waals surface area contributed by atoms with Gasteiger partial charge in [-0.15, -0.1) is 24.0 Å². The van der Waals surface area contributed by atoms with Gasteiger partial charge in [0.1, 0.15) is 11.5 Å². The molecular weight excluding hydrogens is 467 g/mol. The molecule has 0 unspecified atom stereocenters. The van der Waals surface area contributed by atoms with Crippen molar-refractivity contribution in [1.82, 2.24) is 15.6 Å². The zero-order chi connectivity index (χ0) is 19.1. The molecule has 0 aliphatic carbocycles. The maximum Gasteiger partial charge on any atom is 0.191 e. The number of ether oxygens (including phenoxy) is 1. The predicted molar refractivity (Wildman–Crippen MR) is 123 cm³/mol. The van der Waals surface area contributed by atoms with E-state index >= 15 is 0 Å². The van der Waals surface area contributed by atoms with E-state index in [1.165, 1.54) is 0 Å². The van der Waals surface area contributed by atoms with E-state index in [0.717, 1.165) is 23.0 Å². The smallest absolute Gasteiger partial charge is 0.191 e. The summed E-state index contributed by atoms with van der Waals surface area (Å²) in [6, 6.07) is 15.2. The van der Waals surface area contributed by atoms with Gasteiger partial charge in [-0.25, -0.2) is 4.99 Å². The molecule has 2 aromatic carbocycles. The molecule has 0 bridgehead atoms. The quantitative estimate of drug-likeness (QED) is 0.277. The van der Waals surface area contributed by atoms with Gasteiger partial charge in [0.2, 0.25) is 0 Å². The number of phenolic OH excluding ortho intramolecular Hbond substituents is 1. The fourth-order valence-electron chi connectivity index (χ4n) is 2.81. The first-order chi connectivity index (χ1) is 13.2. The number of nitrogens with one attached hydrogen (secondary N) is 2. The number of hydrogen-bond donors (Lipinski definition) is 3. The van der Waals surface area contributed by atoms with Gasteiger partial charge in [0, 0.05) is 30.2 Å². The number of nitrogens with zero attached hydrogens (tertiary/aromatic N) is 2. The number of pyridine rings is 1. The number of rotatable bonds is 6. The molecule has 0 saturated carbocycles. The predicted octanol–water partition coefficient (Wildman–Crippen LogP) is 3.82. The number of aliphatic imine (C=N–C) groups is 1.